The third kappa shape index (κ3) is 4.68. The Morgan fingerprint density at radius 2 is 1.23 bits per heavy atom. The standard InChI is InChI=1S/C23H28N2O6/c1-15-12-24(13-16-6-8-18(28-2)20(10-16)30-4)22(26)23(27)25(15)14-17-7-9-19(29-3)21(11-17)31-5/h6-11,15H,12-14H2,1-5H3/t15-/m1/s1. The summed E-state index contributed by atoms with van der Waals surface area (Å²) in [7, 11) is 6.26. The maximum Gasteiger partial charge on any atom is 0.312 e. The van der Waals surface area contributed by atoms with E-state index >= 15 is 0 Å². The Labute approximate surface area is 182 Å². The Balaban J connectivity index is 1.73. The first-order valence-corrected chi connectivity index (χ1v) is 9.93. The number of methoxy groups -OCH3 is 4. The van der Waals surface area contributed by atoms with Crippen LogP contribution >= 0.6 is 0 Å². The Kier molecular flexibility index (Phi) is 6.89. The molecule has 0 aromatic heterocycles. The van der Waals surface area contributed by atoms with Crippen LogP contribution < -0.4 is 18.9 Å². The van der Waals surface area contributed by atoms with Gasteiger partial charge in [0.1, 0.15) is 0 Å². The van der Waals surface area contributed by atoms with Gasteiger partial charge < -0.3 is 28.7 Å². The number of benzene rings is 2. The Hall–Kier alpha value is -3.42. The summed E-state index contributed by atoms with van der Waals surface area (Å²) in [6.45, 7) is 3.01. The van der Waals surface area contributed by atoms with E-state index in [1.807, 2.05) is 31.2 Å². The highest BCUT2D eigenvalue weighted by atomic mass is 16.5. The number of carbonyl (C=O) groups excluding carboxylic acids is 2. The van der Waals surface area contributed by atoms with E-state index in [1.165, 1.54) is 0 Å². The van der Waals surface area contributed by atoms with Gasteiger partial charge in [-0.15, -0.1) is 0 Å². The molecule has 0 unspecified atom stereocenters. The van der Waals surface area contributed by atoms with Crippen molar-refractivity contribution in [3.8, 4) is 23.0 Å². The SMILES string of the molecule is COc1ccc(CN2C[C@@H](C)N(Cc3ccc(OC)c(OC)c3)C(=O)C2=O)cc1OC. The van der Waals surface area contributed by atoms with Crippen LogP contribution in [0.15, 0.2) is 36.4 Å². The molecule has 3 rings (SSSR count). The zero-order chi connectivity index (χ0) is 22.5. The summed E-state index contributed by atoms with van der Waals surface area (Å²) in [5.41, 5.74) is 1.72. The number of rotatable bonds is 8. The fourth-order valence-electron chi connectivity index (χ4n) is 3.70. The maximum absolute atomic E-state index is 12.9. The summed E-state index contributed by atoms with van der Waals surface area (Å²) < 4.78 is 21.2. The second kappa shape index (κ2) is 9.59. The van der Waals surface area contributed by atoms with Gasteiger partial charge in [-0.25, -0.2) is 0 Å². The lowest BCUT2D eigenvalue weighted by Gasteiger charge is -2.39. The van der Waals surface area contributed by atoms with Crippen LogP contribution in [0.1, 0.15) is 18.1 Å². The molecule has 2 aromatic rings. The van der Waals surface area contributed by atoms with Gasteiger partial charge in [0, 0.05) is 25.7 Å². The van der Waals surface area contributed by atoms with Gasteiger partial charge in [0.15, 0.2) is 23.0 Å². The summed E-state index contributed by atoms with van der Waals surface area (Å²) in [6.07, 6.45) is 0. The molecule has 2 amide bonds. The van der Waals surface area contributed by atoms with Crippen molar-refractivity contribution in [2.45, 2.75) is 26.1 Å². The van der Waals surface area contributed by atoms with Crippen molar-refractivity contribution >= 4 is 11.8 Å². The average Bonchev–Trinajstić information content (AvgIpc) is 2.79. The fourth-order valence-corrected chi connectivity index (χ4v) is 3.70. The largest absolute Gasteiger partial charge is 0.493 e. The summed E-state index contributed by atoms with van der Waals surface area (Å²) in [6, 6.07) is 10.8. The number of amides is 2. The number of hydrogen-bond donors (Lipinski definition) is 0. The highest BCUT2D eigenvalue weighted by Gasteiger charge is 2.37. The van der Waals surface area contributed by atoms with Crippen molar-refractivity contribution in [2.75, 3.05) is 35.0 Å². The second-order valence-electron chi connectivity index (χ2n) is 7.35. The molecule has 0 aliphatic carbocycles. The molecule has 1 aliphatic rings. The van der Waals surface area contributed by atoms with Gasteiger partial charge in [0.05, 0.1) is 28.4 Å². The van der Waals surface area contributed by atoms with Crippen molar-refractivity contribution in [3.63, 3.8) is 0 Å². The third-order valence-electron chi connectivity index (χ3n) is 5.37. The van der Waals surface area contributed by atoms with Gasteiger partial charge in [-0.3, -0.25) is 9.59 Å². The van der Waals surface area contributed by atoms with E-state index in [0.29, 0.717) is 42.6 Å². The molecule has 0 saturated carbocycles. The zero-order valence-corrected chi connectivity index (χ0v) is 18.5. The van der Waals surface area contributed by atoms with E-state index < -0.39 is 11.8 Å². The van der Waals surface area contributed by atoms with Crippen LogP contribution in [-0.4, -0.2) is 62.6 Å². The van der Waals surface area contributed by atoms with E-state index in [4.69, 9.17) is 18.9 Å². The summed E-state index contributed by atoms with van der Waals surface area (Å²) in [4.78, 5) is 28.8. The van der Waals surface area contributed by atoms with Crippen LogP contribution in [-0.2, 0) is 22.7 Å². The molecule has 166 valence electrons. The molecule has 1 saturated heterocycles. The van der Waals surface area contributed by atoms with Crippen LogP contribution in [0.4, 0.5) is 0 Å². The van der Waals surface area contributed by atoms with Crippen molar-refractivity contribution in [1.82, 2.24) is 9.80 Å². The van der Waals surface area contributed by atoms with Crippen molar-refractivity contribution in [3.05, 3.63) is 47.5 Å². The molecule has 0 N–H and O–H groups in total. The molecule has 2 aromatic carbocycles. The molecule has 1 heterocycles. The smallest absolute Gasteiger partial charge is 0.312 e. The Morgan fingerprint density at radius 3 is 1.71 bits per heavy atom. The lowest BCUT2D eigenvalue weighted by molar-refractivity contribution is -0.159. The van der Waals surface area contributed by atoms with Crippen molar-refractivity contribution in [1.29, 1.82) is 0 Å². The van der Waals surface area contributed by atoms with Gasteiger partial charge in [0.25, 0.3) is 0 Å². The fraction of sp³-hybridized carbons (Fsp3) is 0.391. The van der Waals surface area contributed by atoms with Crippen LogP contribution in [0.3, 0.4) is 0 Å². The summed E-state index contributed by atoms with van der Waals surface area (Å²) in [5.74, 6) is 1.35. The lowest BCUT2D eigenvalue weighted by Crippen LogP contribution is -2.57. The average molecular weight is 428 g/mol. The number of hydrogen-bond acceptors (Lipinski definition) is 6. The minimum absolute atomic E-state index is 0.140. The topological polar surface area (TPSA) is 77.5 Å². The number of nitrogens with zero attached hydrogens (tertiary/aromatic N) is 2. The second-order valence-corrected chi connectivity index (χ2v) is 7.35. The molecule has 0 radical (unpaired) electrons. The number of carbonyl (C=O) groups is 2. The number of ether oxygens (including phenoxy) is 4. The highest BCUT2D eigenvalue weighted by molar-refractivity contribution is 6.35. The molecule has 8 nitrogen and oxygen atoms in total. The zero-order valence-electron chi connectivity index (χ0n) is 18.5. The van der Waals surface area contributed by atoms with E-state index in [2.05, 4.69) is 0 Å². The third-order valence-corrected chi connectivity index (χ3v) is 5.37. The van der Waals surface area contributed by atoms with E-state index in [0.717, 1.165) is 11.1 Å². The lowest BCUT2D eigenvalue weighted by atomic mass is 10.1. The predicted octanol–water partition coefficient (Wildman–Crippen LogP) is 2.48. The van der Waals surface area contributed by atoms with Crippen LogP contribution in [0.25, 0.3) is 0 Å². The highest BCUT2D eigenvalue weighted by Crippen LogP contribution is 2.30. The molecule has 8 heteroatoms. The molecule has 1 atom stereocenters. The van der Waals surface area contributed by atoms with Crippen LogP contribution in [0, 0.1) is 0 Å². The molecular formula is C23H28N2O6. The normalized spacial score (nSPS) is 16.4. The molecule has 0 bridgehead atoms. The minimum Gasteiger partial charge on any atom is -0.493 e. The first-order valence-electron chi connectivity index (χ1n) is 9.93. The minimum atomic E-state index is -0.520. The van der Waals surface area contributed by atoms with Gasteiger partial charge >= 0.3 is 11.8 Å². The van der Waals surface area contributed by atoms with E-state index in [-0.39, 0.29) is 6.04 Å². The van der Waals surface area contributed by atoms with Crippen molar-refractivity contribution in [2.24, 2.45) is 0 Å². The van der Waals surface area contributed by atoms with Gasteiger partial charge in [0.2, 0.25) is 0 Å². The number of piperazine rings is 1. The quantitative estimate of drug-likeness (QED) is 0.601. The first-order chi connectivity index (χ1) is 14.9. The Bertz CT molecular complexity index is 961. The van der Waals surface area contributed by atoms with E-state index in [1.54, 1.807) is 50.4 Å². The molecule has 31 heavy (non-hydrogen) atoms. The predicted molar refractivity (Wildman–Crippen MR) is 115 cm³/mol. The maximum atomic E-state index is 12.9. The van der Waals surface area contributed by atoms with Crippen molar-refractivity contribution < 1.29 is 28.5 Å². The van der Waals surface area contributed by atoms with Crippen LogP contribution in [0.5, 0.6) is 23.0 Å². The van der Waals surface area contributed by atoms with Crippen LogP contribution in [0.2, 0.25) is 0 Å². The van der Waals surface area contributed by atoms with Gasteiger partial charge in [-0.05, 0) is 42.3 Å². The summed E-state index contributed by atoms with van der Waals surface area (Å²) >= 11 is 0. The molecule has 0 spiro atoms. The van der Waals surface area contributed by atoms with Gasteiger partial charge in [-0.2, -0.15) is 0 Å². The molecular weight excluding hydrogens is 400 g/mol. The molecule has 1 aliphatic heterocycles. The first kappa shape index (κ1) is 22.3. The van der Waals surface area contributed by atoms with E-state index in [9.17, 15) is 9.59 Å². The molecule has 1 fully saturated rings. The van der Waals surface area contributed by atoms with Gasteiger partial charge in [-0.1, -0.05) is 12.1 Å². The summed E-state index contributed by atoms with van der Waals surface area (Å²) in [5, 5.41) is 0. The monoisotopic (exact) mass is 428 g/mol. The Morgan fingerprint density at radius 1 is 0.742 bits per heavy atom.